The van der Waals surface area contributed by atoms with E-state index in [1.807, 2.05) is 36.6 Å². The average molecular weight is 199 g/mol. The molecule has 2 nitrogen and oxygen atoms in total. The second-order valence-corrected chi connectivity index (χ2v) is 3.53. The molecule has 0 spiro atoms. The third-order valence-corrected chi connectivity index (χ3v) is 2.45. The van der Waals surface area contributed by atoms with E-state index in [1.165, 1.54) is 11.1 Å². The summed E-state index contributed by atoms with van der Waals surface area (Å²) in [6.45, 7) is 0. The number of hydrogen-bond acceptors (Lipinski definition) is 2. The zero-order valence-corrected chi connectivity index (χ0v) is 8.39. The monoisotopic (exact) mass is 199 g/mol. The first-order chi connectivity index (χ1) is 7.40. The highest BCUT2D eigenvalue weighted by Crippen LogP contribution is 2.20. The van der Waals surface area contributed by atoms with Gasteiger partial charge in [0.25, 0.3) is 0 Å². The number of rotatable bonds is 2. The van der Waals surface area contributed by atoms with Crippen molar-refractivity contribution >= 4 is 11.9 Å². The van der Waals surface area contributed by atoms with Crippen molar-refractivity contribution in [3.8, 4) is 0 Å². The van der Waals surface area contributed by atoms with Crippen molar-refractivity contribution in [3.63, 3.8) is 0 Å². The number of carbonyl (C=O) groups is 1. The predicted molar refractivity (Wildman–Crippen MR) is 61.2 cm³/mol. The Morgan fingerprint density at radius 2 is 2.07 bits per heavy atom. The van der Waals surface area contributed by atoms with E-state index in [1.54, 1.807) is 0 Å². The van der Waals surface area contributed by atoms with Gasteiger partial charge in [0, 0.05) is 0 Å². The molecule has 1 heterocycles. The minimum absolute atomic E-state index is 0.116. The van der Waals surface area contributed by atoms with E-state index in [2.05, 4.69) is 17.4 Å². The number of aldehydes is 1. The number of benzene rings is 1. The van der Waals surface area contributed by atoms with Crippen molar-refractivity contribution in [2.75, 3.05) is 0 Å². The lowest BCUT2D eigenvalue weighted by Crippen LogP contribution is -2.25. The van der Waals surface area contributed by atoms with Crippen molar-refractivity contribution in [3.05, 3.63) is 54.2 Å². The predicted octanol–water partition coefficient (Wildman–Crippen LogP) is 2.14. The standard InChI is InChI=1S/C13H13NO/c15-10-13-9-12(7-4-8-14-13)11-5-2-1-3-6-11/h1-8,10,13-14H,9H2. The molecular formula is C13H13NO. The fraction of sp³-hybridized carbons (Fsp3) is 0.154. The van der Waals surface area contributed by atoms with Crippen LogP contribution in [0.4, 0.5) is 0 Å². The molecule has 0 aromatic heterocycles. The summed E-state index contributed by atoms with van der Waals surface area (Å²) in [6, 6.07) is 10.0. The Hall–Kier alpha value is -1.83. The Labute approximate surface area is 89.3 Å². The Kier molecular flexibility index (Phi) is 2.98. The van der Waals surface area contributed by atoms with Gasteiger partial charge in [0.05, 0.1) is 6.04 Å². The highest BCUT2D eigenvalue weighted by Gasteiger charge is 2.10. The molecule has 0 fully saturated rings. The molecule has 1 aliphatic heterocycles. The average Bonchev–Trinajstić information content (AvgIpc) is 2.55. The van der Waals surface area contributed by atoms with Crippen LogP contribution in [0.5, 0.6) is 0 Å². The quantitative estimate of drug-likeness (QED) is 0.739. The van der Waals surface area contributed by atoms with E-state index in [4.69, 9.17) is 0 Å². The second kappa shape index (κ2) is 4.60. The number of carbonyl (C=O) groups excluding carboxylic acids is 1. The van der Waals surface area contributed by atoms with Crippen LogP contribution in [0, 0.1) is 0 Å². The largest absolute Gasteiger partial charge is 0.381 e. The molecule has 0 saturated carbocycles. The van der Waals surface area contributed by atoms with E-state index < -0.39 is 0 Å². The van der Waals surface area contributed by atoms with Crippen molar-refractivity contribution in [2.45, 2.75) is 12.5 Å². The Balaban J connectivity index is 2.25. The van der Waals surface area contributed by atoms with Crippen LogP contribution >= 0.6 is 0 Å². The topological polar surface area (TPSA) is 29.1 Å². The number of hydrogen-bond donors (Lipinski definition) is 1. The van der Waals surface area contributed by atoms with Crippen LogP contribution in [0.15, 0.2) is 48.7 Å². The fourth-order valence-electron chi connectivity index (χ4n) is 1.66. The van der Waals surface area contributed by atoms with E-state index in [9.17, 15) is 4.79 Å². The van der Waals surface area contributed by atoms with Gasteiger partial charge in [0.1, 0.15) is 6.29 Å². The molecule has 0 saturated heterocycles. The van der Waals surface area contributed by atoms with Gasteiger partial charge in [-0.25, -0.2) is 0 Å². The fourth-order valence-corrected chi connectivity index (χ4v) is 1.66. The zero-order chi connectivity index (χ0) is 10.5. The molecule has 2 heteroatoms. The molecule has 1 aromatic rings. The summed E-state index contributed by atoms with van der Waals surface area (Å²) in [5, 5.41) is 3.03. The molecule has 1 N–H and O–H groups in total. The Bertz CT molecular complexity index is 392. The lowest BCUT2D eigenvalue weighted by atomic mass is 9.99. The van der Waals surface area contributed by atoms with Crippen molar-refractivity contribution in [2.24, 2.45) is 0 Å². The molecule has 1 unspecified atom stereocenters. The molecule has 1 atom stereocenters. The van der Waals surface area contributed by atoms with Gasteiger partial charge in [-0.05, 0) is 29.8 Å². The van der Waals surface area contributed by atoms with Crippen LogP contribution in [-0.4, -0.2) is 12.3 Å². The zero-order valence-electron chi connectivity index (χ0n) is 8.39. The van der Waals surface area contributed by atoms with Crippen LogP contribution in [0.3, 0.4) is 0 Å². The lowest BCUT2D eigenvalue weighted by molar-refractivity contribution is -0.109. The third kappa shape index (κ3) is 2.34. The molecule has 2 rings (SSSR count). The van der Waals surface area contributed by atoms with E-state index >= 15 is 0 Å². The molecule has 15 heavy (non-hydrogen) atoms. The highest BCUT2D eigenvalue weighted by molar-refractivity contribution is 5.72. The van der Waals surface area contributed by atoms with E-state index in [0.717, 1.165) is 12.7 Å². The van der Waals surface area contributed by atoms with Crippen LogP contribution in [0.2, 0.25) is 0 Å². The first-order valence-electron chi connectivity index (χ1n) is 5.02. The summed E-state index contributed by atoms with van der Waals surface area (Å²) >= 11 is 0. The SMILES string of the molecule is O=CC1CC(c2ccccc2)=CC=CN1. The van der Waals surface area contributed by atoms with Gasteiger partial charge in [-0.3, -0.25) is 0 Å². The first kappa shape index (κ1) is 9.71. The van der Waals surface area contributed by atoms with Crippen molar-refractivity contribution in [1.29, 1.82) is 0 Å². The summed E-state index contributed by atoms with van der Waals surface area (Å²) < 4.78 is 0. The van der Waals surface area contributed by atoms with Crippen molar-refractivity contribution < 1.29 is 4.79 Å². The Morgan fingerprint density at radius 1 is 1.27 bits per heavy atom. The third-order valence-electron chi connectivity index (χ3n) is 2.45. The number of nitrogens with one attached hydrogen (secondary N) is 1. The van der Waals surface area contributed by atoms with Gasteiger partial charge in [0.15, 0.2) is 0 Å². The van der Waals surface area contributed by atoms with Gasteiger partial charge in [-0.2, -0.15) is 0 Å². The van der Waals surface area contributed by atoms with Crippen molar-refractivity contribution in [1.82, 2.24) is 5.32 Å². The summed E-state index contributed by atoms with van der Waals surface area (Å²) in [6.07, 6.45) is 7.49. The maximum atomic E-state index is 10.8. The summed E-state index contributed by atoms with van der Waals surface area (Å²) in [7, 11) is 0. The highest BCUT2D eigenvalue weighted by atomic mass is 16.1. The first-order valence-corrected chi connectivity index (χ1v) is 5.02. The van der Waals surface area contributed by atoms with Crippen LogP contribution in [0.1, 0.15) is 12.0 Å². The minimum Gasteiger partial charge on any atom is -0.381 e. The van der Waals surface area contributed by atoms with Gasteiger partial charge < -0.3 is 10.1 Å². The molecule has 76 valence electrons. The van der Waals surface area contributed by atoms with Gasteiger partial charge in [-0.15, -0.1) is 0 Å². The smallest absolute Gasteiger partial charge is 0.142 e. The van der Waals surface area contributed by atoms with Gasteiger partial charge in [-0.1, -0.05) is 36.4 Å². The van der Waals surface area contributed by atoms with E-state index in [-0.39, 0.29) is 6.04 Å². The molecule has 0 aliphatic carbocycles. The molecule has 0 bridgehead atoms. The normalized spacial score (nSPS) is 20.0. The number of allylic oxidation sites excluding steroid dienone is 2. The molecule has 1 aromatic carbocycles. The second-order valence-electron chi connectivity index (χ2n) is 3.53. The van der Waals surface area contributed by atoms with Crippen LogP contribution < -0.4 is 5.32 Å². The summed E-state index contributed by atoms with van der Waals surface area (Å²) in [5.41, 5.74) is 2.37. The van der Waals surface area contributed by atoms with E-state index in [0.29, 0.717) is 0 Å². The minimum atomic E-state index is -0.116. The molecule has 0 amide bonds. The molecule has 1 aliphatic rings. The lowest BCUT2D eigenvalue weighted by Gasteiger charge is -2.11. The maximum Gasteiger partial charge on any atom is 0.142 e. The molecule has 0 radical (unpaired) electrons. The van der Waals surface area contributed by atoms with Crippen LogP contribution in [-0.2, 0) is 4.79 Å². The summed E-state index contributed by atoms with van der Waals surface area (Å²) in [5.74, 6) is 0. The van der Waals surface area contributed by atoms with Crippen LogP contribution in [0.25, 0.3) is 5.57 Å². The maximum absolute atomic E-state index is 10.8. The molecular weight excluding hydrogens is 186 g/mol. The van der Waals surface area contributed by atoms with Gasteiger partial charge in [0.2, 0.25) is 0 Å². The Morgan fingerprint density at radius 3 is 2.80 bits per heavy atom. The summed E-state index contributed by atoms with van der Waals surface area (Å²) in [4.78, 5) is 10.8. The van der Waals surface area contributed by atoms with Gasteiger partial charge >= 0.3 is 0 Å².